The highest BCUT2D eigenvalue weighted by molar-refractivity contribution is 5.35. The molecule has 2 atom stereocenters. The lowest BCUT2D eigenvalue weighted by Crippen LogP contribution is -2.21. The van der Waals surface area contributed by atoms with E-state index in [4.69, 9.17) is 5.73 Å². The molecule has 0 bridgehead atoms. The zero-order valence-electron chi connectivity index (χ0n) is 13.0. The molecular weight excluding hydrogens is 254 g/mol. The predicted molar refractivity (Wildman–Crippen MR) is 89.4 cm³/mol. The van der Waals surface area contributed by atoms with Crippen molar-refractivity contribution >= 4 is 0 Å². The Morgan fingerprint density at radius 2 is 1.48 bits per heavy atom. The van der Waals surface area contributed by atoms with Crippen LogP contribution < -0.4 is 5.73 Å². The van der Waals surface area contributed by atoms with Crippen LogP contribution in [-0.2, 0) is 12.8 Å². The lowest BCUT2D eigenvalue weighted by molar-refractivity contribution is 0.453. The SMILES string of the molecule is CCC(C)c1ccc(C(N)C2Cc3ccccc3C2)cc1. The van der Waals surface area contributed by atoms with Crippen molar-refractivity contribution in [3.63, 3.8) is 0 Å². The topological polar surface area (TPSA) is 26.0 Å². The Labute approximate surface area is 128 Å². The van der Waals surface area contributed by atoms with Gasteiger partial charge in [-0.05, 0) is 53.4 Å². The van der Waals surface area contributed by atoms with Gasteiger partial charge in [-0.25, -0.2) is 0 Å². The Balaban J connectivity index is 1.73. The molecule has 0 spiro atoms. The molecule has 0 radical (unpaired) electrons. The van der Waals surface area contributed by atoms with Crippen molar-refractivity contribution in [3.8, 4) is 0 Å². The van der Waals surface area contributed by atoms with Gasteiger partial charge in [0.15, 0.2) is 0 Å². The van der Waals surface area contributed by atoms with E-state index in [1.54, 1.807) is 0 Å². The van der Waals surface area contributed by atoms with Gasteiger partial charge in [-0.15, -0.1) is 0 Å². The average Bonchev–Trinajstić information content (AvgIpc) is 2.97. The summed E-state index contributed by atoms with van der Waals surface area (Å²) in [6.07, 6.45) is 3.41. The molecule has 1 aliphatic rings. The van der Waals surface area contributed by atoms with Gasteiger partial charge in [-0.3, -0.25) is 0 Å². The second-order valence-corrected chi connectivity index (χ2v) is 6.44. The number of benzene rings is 2. The largest absolute Gasteiger partial charge is 0.324 e. The third-order valence-electron chi connectivity index (χ3n) is 5.09. The molecule has 0 amide bonds. The number of hydrogen-bond donors (Lipinski definition) is 1. The lowest BCUT2D eigenvalue weighted by Gasteiger charge is -2.20. The molecule has 1 nitrogen and oxygen atoms in total. The second-order valence-electron chi connectivity index (χ2n) is 6.44. The van der Waals surface area contributed by atoms with Crippen molar-refractivity contribution < 1.29 is 0 Å². The molecule has 110 valence electrons. The molecular formula is C20H25N. The van der Waals surface area contributed by atoms with Crippen LogP contribution in [0.4, 0.5) is 0 Å². The van der Waals surface area contributed by atoms with Crippen LogP contribution in [0.1, 0.15) is 54.5 Å². The van der Waals surface area contributed by atoms with E-state index < -0.39 is 0 Å². The van der Waals surface area contributed by atoms with Crippen LogP contribution >= 0.6 is 0 Å². The molecule has 2 N–H and O–H groups in total. The van der Waals surface area contributed by atoms with Gasteiger partial charge in [0.05, 0.1) is 0 Å². The summed E-state index contributed by atoms with van der Waals surface area (Å²) in [5, 5.41) is 0. The van der Waals surface area contributed by atoms with E-state index in [2.05, 4.69) is 62.4 Å². The van der Waals surface area contributed by atoms with Crippen LogP contribution in [0.3, 0.4) is 0 Å². The van der Waals surface area contributed by atoms with Crippen molar-refractivity contribution in [2.24, 2.45) is 11.7 Å². The Morgan fingerprint density at radius 1 is 0.952 bits per heavy atom. The first-order valence-electron chi connectivity index (χ1n) is 8.11. The van der Waals surface area contributed by atoms with Gasteiger partial charge in [-0.2, -0.15) is 0 Å². The normalized spacial score (nSPS) is 17.5. The maximum absolute atomic E-state index is 6.54. The standard InChI is InChI=1S/C20H25N/c1-3-14(2)15-8-10-16(11-9-15)20(21)19-12-17-6-4-5-7-18(17)13-19/h4-11,14,19-20H,3,12-13,21H2,1-2H3. The van der Waals surface area contributed by atoms with E-state index in [0.29, 0.717) is 11.8 Å². The van der Waals surface area contributed by atoms with Crippen molar-refractivity contribution in [2.75, 3.05) is 0 Å². The molecule has 3 rings (SSSR count). The maximum atomic E-state index is 6.54. The first-order valence-corrected chi connectivity index (χ1v) is 8.11. The van der Waals surface area contributed by atoms with E-state index in [0.717, 1.165) is 12.8 Å². The molecule has 0 saturated carbocycles. The maximum Gasteiger partial charge on any atom is 0.0329 e. The van der Waals surface area contributed by atoms with Crippen LogP contribution in [0.25, 0.3) is 0 Å². The lowest BCUT2D eigenvalue weighted by atomic mass is 9.89. The molecule has 0 heterocycles. The summed E-state index contributed by atoms with van der Waals surface area (Å²) >= 11 is 0. The molecule has 0 saturated heterocycles. The molecule has 2 aromatic carbocycles. The summed E-state index contributed by atoms with van der Waals surface area (Å²) in [6, 6.07) is 17.9. The molecule has 0 aliphatic heterocycles. The minimum atomic E-state index is 0.142. The number of rotatable bonds is 4. The van der Waals surface area contributed by atoms with Crippen LogP contribution in [0.5, 0.6) is 0 Å². The molecule has 1 aliphatic carbocycles. The number of hydrogen-bond acceptors (Lipinski definition) is 1. The fourth-order valence-corrected chi connectivity index (χ4v) is 3.40. The van der Waals surface area contributed by atoms with Gasteiger partial charge in [0, 0.05) is 6.04 Å². The highest BCUT2D eigenvalue weighted by atomic mass is 14.7. The zero-order chi connectivity index (χ0) is 14.8. The van der Waals surface area contributed by atoms with Crippen LogP contribution in [0, 0.1) is 5.92 Å². The monoisotopic (exact) mass is 279 g/mol. The third kappa shape index (κ3) is 2.89. The van der Waals surface area contributed by atoms with Crippen LogP contribution in [0.2, 0.25) is 0 Å². The third-order valence-corrected chi connectivity index (χ3v) is 5.09. The summed E-state index contributed by atoms with van der Waals surface area (Å²) in [5.74, 6) is 1.17. The van der Waals surface area contributed by atoms with Gasteiger partial charge in [-0.1, -0.05) is 62.4 Å². The van der Waals surface area contributed by atoms with Crippen LogP contribution in [0.15, 0.2) is 48.5 Å². The first kappa shape index (κ1) is 14.3. The van der Waals surface area contributed by atoms with Gasteiger partial charge < -0.3 is 5.73 Å². The summed E-state index contributed by atoms with van der Waals surface area (Å²) in [5.41, 5.74) is 12.2. The Kier molecular flexibility index (Phi) is 4.12. The second kappa shape index (κ2) is 6.03. The predicted octanol–water partition coefficient (Wildman–Crippen LogP) is 4.61. The Bertz CT molecular complexity index is 574. The zero-order valence-corrected chi connectivity index (χ0v) is 13.0. The number of fused-ring (bicyclic) bond motifs is 1. The molecule has 2 aromatic rings. The van der Waals surface area contributed by atoms with Gasteiger partial charge in [0.25, 0.3) is 0 Å². The summed E-state index contributed by atoms with van der Waals surface area (Å²) < 4.78 is 0. The number of nitrogens with two attached hydrogens (primary N) is 1. The van der Waals surface area contributed by atoms with Crippen molar-refractivity contribution in [2.45, 2.75) is 45.1 Å². The van der Waals surface area contributed by atoms with Gasteiger partial charge >= 0.3 is 0 Å². The molecule has 2 unspecified atom stereocenters. The first-order chi connectivity index (χ1) is 10.2. The smallest absolute Gasteiger partial charge is 0.0329 e. The highest BCUT2D eigenvalue weighted by Crippen LogP contribution is 2.34. The molecule has 0 fully saturated rings. The highest BCUT2D eigenvalue weighted by Gasteiger charge is 2.27. The summed E-state index contributed by atoms with van der Waals surface area (Å²) in [6.45, 7) is 4.52. The van der Waals surface area contributed by atoms with E-state index in [1.807, 2.05) is 0 Å². The Hall–Kier alpha value is -1.60. The molecule has 1 heteroatoms. The van der Waals surface area contributed by atoms with Gasteiger partial charge in [0.2, 0.25) is 0 Å². The van der Waals surface area contributed by atoms with E-state index >= 15 is 0 Å². The summed E-state index contributed by atoms with van der Waals surface area (Å²) in [7, 11) is 0. The minimum absolute atomic E-state index is 0.142. The Morgan fingerprint density at radius 3 is 2.00 bits per heavy atom. The average molecular weight is 279 g/mol. The van der Waals surface area contributed by atoms with Gasteiger partial charge in [0.1, 0.15) is 0 Å². The minimum Gasteiger partial charge on any atom is -0.324 e. The molecule has 21 heavy (non-hydrogen) atoms. The van der Waals surface area contributed by atoms with E-state index in [9.17, 15) is 0 Å². The summed E-state index contributed by atoms with van der Waals surface area (Å²) in [4.78, 5) is 0. The van der Waals surface area contributed by atoms with Crippen molar-refractivity contribution in [3.05, 3.63) is 70.8 Å². The quantitative estimate of drug-likeness (QED) is 0.868. The van der Waals surface area contributed by atoms with E-state index in [1.165, 1.54) is 28.7 Å². The van der Waals surface area contributed by atoms with E-state index in [-0.39, 0.29) is 6.04 Å². The van der Waals surface area contributed by atoms with Crippen LogP contribution in [-0.4, -0.2) is 0 Å². The molecule has 0 aromatic heterocycles. The van der Waals surface area contributed by atoms with Crippen molar-refractivity contribution in [1.29, 1.82) is 0 Å². The fourth-order valence-electron chi connectivity index (χ4n) is 3.40. The fraction of sp³-hybridized carbons (Fsp3) is 0.400. The van der Waals surface area contributed by atoms with Crippen molar-refractivity contribution in [1.82, 2.24) is 0 Å².